The number of halogens is 1. The van der Waals surface area contributed by atoms with Crippen LogP contribution in [0.25, 0.3) is 11.4 Å². The quantitative estimate of drug-likeness (QED) is 0.504. The molecule has 0 fully saturated rings. The van der Waals surface area contributed by atoms with Crippen LogP contribution in [0.2, 0.25) is 0 Å². The molecule has 0 radical (unpaired) electrons. The van der Waals surface area contributed by atoms with Gasteiger partial charge in [0, 0.05) is 19.4 Å². The van der Waals surface area contributed by atoms with Crippen LogP contribution < -0.4 is 4.74 Å². The van der Waals surface area contributed by atoms with Crippen LogP contribution in [0.3, 0.4) is 0 Å². The Balaban J connectivity index is 2.08. The number of rotatable bonds is 2. The van der Waals surface area contributed by atoms with Crippen molar-refractivity contribution in [2.24, 2.45) is 0 Å². The van der Waals surface area contributed by atoms with Crippen LogP contribution in [0.1, 0.15) is 28.8 Å². The number of Topliss-reactive ketones (excluding diaryl/α,β-unsaturated/α-hetero) is 1. The van der Waals surface area contributed by atoms with E-state index in [1.54, 1.807) is 18.1 Å². The van der Waals surface area contributed by atoms with Gasteiger partial charge in [-0.1, -0.05) is 5.21 Å². The second-order valence-electron chi connectivity index (χ2n) is 5.24. The van der Waals surface area contributed by atoms with Gasteiger partial charge < -0.3 is 4.74 Å². The van der Waals surface area contributed by atoms with Gasteiger partial charge in [0.2, 0.25) is 0 Å². The summed E-state index contributed by atoms with van der Waals surface area (Å²) in [5, 5.41) is 8.25. The fourth-order valence-corrected chi connectivity index (χ4v) is 3.23. The highest BCUT2D eigenvalue weighted by atomic mass is 79.9. The van der Waals surface area contributed by atoms with Crippen molar-refractivity contribution in [3.8, 4) is 17.1 Å². The average Bonchev–Trinajstić information content (AvgIpc) is 3.09. The lowest BCUT2D eigenvalue weighted by Crippen LogP contribution is -2.05. The first-order valence-corrected chi connectivity index (χ1v) is 7.75. The van der Waals surface area contributed by atoms with Crippen molar-refractivity contribution in [3.05, 3.63) is 46.2 Å². The molecule has 0 N–H and O–H groups in total. The SMILES string of the molecule is COc1ccc2c(c1)-n1nnc(C(C)=O)c1Cc1c(Br)ncn1-2. The zero-order valence-corrected chi connectivity index (χ0v) is 14.0. The molecule has 2 aromatic heterocycles. The predicted octanol–water partition coefficient (Wildman–Crippen LogP) is 2.33. The van der Waals surface area contributed by atoms with E-state index in [9.17, 15) is 4.79 Å². The lowest BCUT2D eigenvalue weighted by molar-refractivity contribution is 0.101. The fourth-order valence-electron chi connectivity index (χ4n) is 2.81. The van der Waals surface area contributed by atoms with E-state index < -0.39 is 0 Å². The first-order chi connectivity index (χ1) is 11.1. The number of methoxy groups -OCH3 is 1. The summed E-state index contributed by atoms with van der Waals surface area (Å²) < 4.78 is 9.75. The molecule has 0 unspecified atom stereocenters. The predicted molar refractivity (Wildman–Crippen MR) is 85.5 cm³/mol. The summed E-state index contributed by atoms with van der Waals surface area (Å²) in [6.07, 6.45) is 2.25. The Bertz CT molecular complexity index is 943. The number of ether oxygens (including phenoxy) is 1. The monoisotopic (exact) mass is 373 g/mol. The molecule has 4 rings (SSSR count). The highest BCUT2D eigenvalue weighted by Gasteiger charge is 2.27. The summed E-state index contributed by atoms with van der Waals surface area (Å²) in [5.74, 6) is 0.594. The Morgan fingerprint density at radius 2 is 2.13 bits per heavy atom. The molecule has 3 aromatic rings. The highest BCUT2D eigenvalue weighted by Crippen LogP contribution is 2.33. The molecule has 3 heterocycles. The Morgan fingerprint density at radius 3 is 2.87 bits per heavy atom. The molecule has 0 aliphatic carbocycles. The zero-order chi connectivity index (χ0) is 16.1. The molecule has 1 aliphatic rings. The molecule has 1 aliphatic heterocycles. The molecule has 0 amide bonds. The minimum absolute atomic E-state index is 0.111. The van der Waals surface area contributed by atoms with E-state index in [-0.39, 0.29) is 5.78 Å². The Labute approximate surface area is 140 Å². The van der Waals surface area contributed by atoms with Gasteiger partial charge in [-0.2, -0.15) is 0 Å². The first kappa shape index (κ1) is 14.1. The molecule has 1 aromatic carbocycles. The van der Waals surface area contributed by atoms with Gasteiger partial charge in [-0.3, -0.25) is 9.36 Å². The van der Waals surface area contributed by atoms with Crippen molar-refractivity contribution in [2.75, 3.05) is 7.11 Å². The van der Waals surface area contributed by atoms with Crippen molar-refractivity contribution in [1.29, 1.82) is 0 Å². The van der Waals surface area contributed by atoms with E-state index in [1.165, 1.54) is 6.92 Å². The van der Waals surface area contributed by atoms with Crippen LogP contribution in [0.5, 0.6) is 5.75 Å². The van der Waals surface area contributed by atoms with Crippen molar-refractivity contribution < 1.29 is 9.53 Å². The fraction of sp³-hybridized carbons (Fsp3) is 0.200. The van der Waals surface area contributed by atoms with E-state index in [0.29, 0.717) is 17.9 Å². The summed E-state index contributed by atoms with van der Waals surface area (Å²) in [6.45, 7) is 1.49. The maximum absolute atomic E-state index is 11.9. The van der Waals surface area contributed by atoms with Gasteiger partial charge in [-0.05, 0) is 28.1 Å². The minimum Gasteiger partial charge on any atom is -0.497 e. The van der Waals surface area contributed by atoms with Crippen molar-refractivity contribution in [3.63, 3.8) is 0 Å². The van der Waals surface area contributed by atoms with Crippen LogP contribution >= 0.6 is 15.9 Å². The van der Waals surface area contributed by atoms with Gasteiger partial charge in [-0.25, -0.2) is 9.67 Å². The van der Waals surface area contributed by atoms with Gasteiger partial charge in [0.05, 0.1) is 29.9 Å². The van der Waals surface area contributed by atoms with Crippen LogP contribution in [0, 0.1) is 0 Å². The number of hydrogen-bond donors (Lipinski definition) is 0. The number of benzene rings is 1. The molecule has 0 atom stereocenters. The summed E-state index contributed by atoms with van der Waals surface area (Å²) in [4.78, 5) is 16.2. The molecule has 0 spiro atoms. The van der Waals surface area contributed by atoms with Gasteiger partial charge in [-0.15, -0.1) is 5.10 Å². The minimum atomic E-state index is -0.111. The largest absolute Gasteiger partial charge is 0.497 e. The topological polar surface area (TPSA) is 74.8 Å². The zero-order valence-electron chi connectivity index (χ0n) is 12.4. The number of imidazole rings is 1. The number of carbonyl (C=O) groups excluding carboxylic acids is 1. The molecule has 0 bridgehead atoms. The molecule has 8 heteroatoms. The van der Waals surface area contributed by atoms with E-state index in [2.05, 4.69) is 31.2 Å². The van der Waals surface area contributed by atoms with Crippen molar-refractivity contribution in [1.82, 2.24) is 24.5 Å². The van der Waals surface area contributed by atoms with Gasteiger partial charge in [0.15, 0.2) is 11.5 Å². The Morgan fingerprint density at radius 1 is 1.30 bits per heavy atom. The van der Waals surface area contributed by atoms with Crippen LogP contribution in [-0.2, 0) is 6.42 Å². The maximum atomic E-state index is 11.9. The third-order valence-corrected chi connectivity index (χ3v) is 4.58. The third-order valence-electron chi connectivity index (χ3n) is 3.92. The molecule has 116 valence electrons. The standard InChI is InChI=1S/C15H12BrN5O2/c1-8(22)14-12-6-13-15(16)17-7-20(13)10-4-3-9(23-2)5-11(10)21(12)19-18-14/h3-5,7H,6H2,1-2H3. The highest BCUT2D eigenvalue weighted by molar-refractivity contribution is 9.10. The van der Waals surface area contributed by atoms with E-state index in [0.717, 1.165) is 27.4 Å². The number of fused-ring (bicyclic) bond motifs is 5. The van der Waals surface area contributed by atoms with E-state index in [1.807, 2.05) is 22.8 Å². The Kier molecular flexibility index (Phi) is 3.08. The maximum Gasteiger partial charge on any atom is 0.181 e. The molecule has 7 nitrogen and oxygen atoms in total. The molecule has 23 heavy (non-hydrogen) atoms. The van der Waals surface area contributed by atoms with Gasteiger partial charge >= 0.3 is 0 Å². The van der Waals surface area contributed by atoms with Crippen LogP contribution in [0.4, 0.5) is 0 Å². The Hall–Kier alpha value is -2.48. The van der Waals surface area contributed by atoms with Gasteiger partial charge in [0.1, 0.15) is 16.7 Å². The third kappa shape index (κ3) is 2.02. The van der Waals surface area contributed by atoms with Crippen molar-refractivity contribution >= 4 is 21.7 Å². The molecule has 0 saturated heterocycles. The number of ketones is 1. The van der Waals surface area contributed by atoms with Crippen LogP contribution in [-0.4, -0.2) is 37.4 Å². The summed E-state index contributed by atoms with van der Waals surface area (Å²) >= 11 is 3.48. The summed E-state index contributed by atoms with van der Waals surface area (Å²) in [7, 11) is 1.61. The van der Waals surface area contributed by atoms with E-state index >= 15 is 0 Å². The number of nitrogens with zero attached hydrogens (tertiary/aromatic N) is 5. The number of carbonyl (C=O) groups is 1. The lowest BCUT2D eigenvalue weighted by Gasteiger charge is -2.11. The molecular weight excluding hydrogens is 362 g/mol. The normalized spacial score (nSPS) is 12.1. The van der Waals surface area contributed by atoms with Crippen LogP contribution in [0.15, 0.2) is 29.1 Å². The average molecular weight is 374 g/mol. The smallest absolute Gasteiger partial charge is 0.181 e. The molecular formula is C15H12BrN5O2. The summed E-state index contributed by atoms with van der Waals surface area (Å²) in [5.41, 5.74) is 3.76. The second kappa shape index (κ2) is 5.02. The second-order valence-corrected chi connectivity index (χ2v) is 5.99. The first-order valence-electron chi connectivity index (χ1n) is 6.96. The lowest BCUT2D eigenvalue weighted by atomic mass is 10.1. The number of aromatic nitrogens is 5. The van der Waals surface area contributed by atoms with Crippen molar-refractivity contribution in [2.45, 2.75) is 13.3 Å². The molecule has 0 saturated carbocycles. The van der Waals surface area contributed by atoms with E-state index in [4.69, 9.17) is 4.74 Å². The van der Waals surface area contributed by atoms with Gasteiger partial charge in [0.25, 0.3) is 0 Å². The summed E-state index contributed by atoms with van der Waals surface area (Å²) in [6, 6.07) is 5.70. The number of hydrogen-bond acceptors (Lipinski definition) is 5.